The van der Waals surface area contributed by atoms with Crippen LogP contribution in [0.5, 0.6) is 11.5 Å². The molecule has 0 aromatic heterocycles. The molecule has 108 valence electrons. The van der Waals surface area contributed by atoms with Gasteiger partial charge in [0.1, 0.15) is 11.5 Å². The number of benzene rings is 2. The molecule has 0 saturated carbocycles. The highest BCUT2D eigenvalue weighted by Gasteiger charge is 2.09. The summed E-state index contributed by atoms with van der Waals surface area (Å²) in [6.07, 6.45) is 0. The standard InChI is InChI=1S/C16H15NO4/c1-11(18)21-13-9-7-12(8-10-13)16(19)17-14-5-3-4-6-15(14)20-2/h3-10H,1-2H3,(H,17,19). The minimum absolute atomic E-state index is 0.270. The Morgan fingerprint density at radius 2 is 1.67 bits per heavy atom. The van der Waals surface area contributed by atoms with E-state index >= 15 is 0 Å². The molecule has 0 bridgehead atoms. The van der Waals surface area contributed by atoms with Gasteiger partial charge in [0, 0.05) is 12.5 Å². The summed E-state index contributed by atoms with van der Waals surface area (Å²) in [7, 11) is 1.54. The average Bonchev–Trinajstić information content (AvgIpc) is 2.48. The second kappa shape index (κ2) is 6.56. The summed E-state index contributed by atoms with van der Waals surface area (Å²) < 4.78 is 10.1. The first-order valence-corrected chi connectivity index (χ1v) is 6.33. The number of nitrogens with one attached hydrogen (secondary N) is 1. The second-order valence-corrected chi connectivity index (χ2v) is 4.27. The van der Waals surface area contributed by atoms with E-state index in [1.165, 1.54) is 6.92 Å². The van der Waals surface area contributed by atoms with Gasteiger partial charge in [-0.3, -0.25) is 9.59 Å². The Hall–Kier alpha value is -2.82. The second-order valence-electron chi connectivity index (χ2n) is 4.27. The van der Waals surface area contributed by atoms with Gasteiger partial charge in [0.15, 0.2) is 0 Å². The molecule has 0 saturated heterocycles. The van der Waals surface area contributed by atoms with Crippen LogP contribution in [0.25, 0.3) is 0 Å². The quantitative estimate of drug-likeness (QED) is 0.693. The molecule has 1 amide bonds. The zero-order chi connectivity index (χ0) is 15.2. The minimum atomic E-state index is -0.402. The van der Waals surface area contributed by atoms with E-state index in [0.29, 0.717) is 22.7 Å². The Kier molecular flexibility index (Phi) is 4.56. The first kappa shape index (κ1) is 14.6. The number of hydrogen-bond acceptors (Lipinski definition) is 4. The molecule has 1 N–H and O–H groups in total. The lowest BCUT2D eigenvalue weighted by Gasteiger charge is -2.10. The van der Waals surface area contributed by atoms with E-state index in [0.717, 1.165) is 0 Å². The normalized spacial score (nSPS) is 9.81. The highest BCUT2D eigenvalue weighted by molar-refractivity contribution is 6.05. The van der Waals surface area contributed by atoms with E-state index in [9.17, 15) is 9.59 Å². The molecule has 0 unspecified atom stereocenters. The number of anilines is 1. The lowest BCUT2D eigenvalue weighted by molar-refractivity contribution is -0.131. The predicted molar refractivity (Wildman–Crippen MR) is 78.7 cm³/mol. The highest BCUT2D eigenvalue weighted by Crippen LogP contribution is 2.24. The first-order chi connectivity index (χ1) is 10.1. The largest absolute Gasteiger partial charge is 0.495 e. The molecular formula is C16H15NO4. The van der Waals surface area contributed by atoms with E-state index in [-0.39, 0.29) is 5.91 Å². The van der Waals surface area contributed by atoms with Crippen molar-refractivity contribution in [2.75, 3.05) is 12.4 Å². The van der Waals surface area contributed by atoms with Crippen molar-refractivity contribution in [2.24, 2.45) is 0 Å². The SMILES string of the molecule is COc1ccccc1NC(=O)c1ccc(OC(C)=O)cc1. The van der Waals surface area contributed by atoms with Crippen molar-refractivity contribution in [2.45, 2.75) is 6.92 Å². The lowest BCUT2D eigenvalue weighted by atomic mass is 10.2. The van der Waals surface area contributed by atoms with Crippen LogP contribution in [0.2, 0.25) is 0 Å². The van der Waals surface area contributed by atoms with Crippen LogP contribution in [-0.2, 0) is 4.79 Å². The number of methoxy groups -OCH3 is 1. The smallest absolute Gasteiger partial charge is 0.308 e. The number of para-hydroxylation sites is 2. The fourth-order valence-electron chi connectivity index (χ4n) is 1.78. The molecule has 0 fully saturated rings. The summed E-state index contributed by atoms with van der Waals surface area (Å²) in [5.74, 6) is 0.314. The van der Waals surface area contributed by atoms with Gasteiger partial charge in [0.05, 0.1) is 12.8 Å². The highest BCUT2D eigenvalue weighted by atomic mass is 16.5. The summed E-state index contributed by atoms with van der Waals surface area (Å²) in [6, 6.07) is 13.5. The van der Waals surface area contributed by atoms with Crippen LogP contribution < -0.4 is 14.8 Å². The molecule has 5 nitrogen and oxygen atoms in total. The molecule has 0 aliphatic carbocycles. The number of ether oxygens (including phenoxy) is 2. The van der Waals surface area contributed by atoms with Crippen molar-refractivity contribution < 1.29 is 19.1 Å². The van der Waals surface area contributed by atoms with Gasteiger partial charge in [0.2, 0.25) is 0 Å². The summed E-state index contributed by atoms with van der Waals surface area (Å²) in [5.41, 5.74) is 1.05. The van der Waals surface area contributed by atoms with Gasteiger partial charge in [-0.05, 0) is 36.4 Å². The van der Waals surface area contributed by atoms with Gasteiger partial charge < -0.3 is 14.8 Å². The number of carbonyl (C=O) groups excluding carboxylic acids is 2. The van der Waals surface area contributed by atoms with Gasteiger partial charge in [-0.25, -0.2) is 0 Å². The van der Waals surface area contributed by atoms with Crippen LogP contribution in [0.4, 0.5) is 5.69 Å². The number of carbonyl (C=O) groups is 2. The van der Waals surface area contributed by atoms with E-state index in [4.69, 9.17) is 9.47 Å². The van der Waals surface area contributed by atoms with Gasteiger partial charge in [-0.1, -0.05) is 12.1 Å². The average molecular weight is 285 g/mol. The van der Waals surface area contributed by atoms with Crippen LogP contribution in [0, 0.1) is 0 Å². The van der Waals surface area contributed by atoms with Gasteiger partial charge in [0.25, 0.3) is 5.91 Å². The summed E-state index contributed by atoms with van der Waals surface area (Å²) >= 11 is 0. The Labute approximate surface area is 122 Å². The third-order valence-electron chi connectivity index (χ3n) is 2.73. The van der Waals surface area contributed by atoms with Crippen LogP contribution in [0.3, 0.4) is 0 Å². The van der Waals surface area contributed by atoms with E-state index in [1.807, 2.05) is 12.1 Å². The van der Waals surface area contributed by atoms with E-state index in [1.54, 1.807) is 43.5 Å². The predicted octanol–water partition coefficient (Wildman–Crippen LogP) is 2.87. The van der Waals surface area contributed by atoms with Crippen LogP contribution in [0.1, 0.15) is 17.3 Å². The first-order valence-electron chi connectivity index (χ1n) is 6.33. The summed E-state index contributed by atoms with van der Waals surface area (Å²) in [4.78, 5) is 23.0. The third kappa shape index (κ3) is 3.82. The molecule has 0 aliphatic heterocycles. The van der Waals surface area contributed by atoms with E-state index in [2.05, 4.69) is 5.32 Å². The molecule has 2 rings (SSSR count). The maximum atomic E-state index is 12.1. The Bertz CT molecular complexity index is 650. The molecular weight excluding hydrogens is 270 g/mol. The Balaban J connectivity index is 2.11. The minimum Gasteiger partial charge on any atom is -0.495 e. The maximum Gasteiger partial charge on any atom is 0.308 e. The molecule has 0 atom stereocenters. The molecule has 0 spiro atoms. The van der Waals surface area contributed by atoms with Gasteiger partial charge in [-0.2, -0.15) is 0 Å². The summed E-state index contributed by atoms with van der Waals surface area (Å²) in [6.45, 7) is 1.32. The monoisotopic (exact) mass is 285 g/mol. The van der Waals surface area contributed by atoms with Crippen molar-refractivity contribution in [3.63, 3.8) is 0 Å². The van der Waals surface area contributed by atoms with Crippen molar-refractivity contribution in [1.82, 2.24) is 0 Å². The number of amides is 1. The molecule has 0 aliphatic rings. The fourth-order valence-corrected chi connectivity index (χ4v) is 1.78. The Morgan fingerprint density at radius 3 is 2.29 bits per heavy atom. The number of esters is 1. The molecule has 0 radical (unpaired) electrons. The third-order valence-corrected chi connectivity index (χ3v) is 2.73. The van der Waals surface area contributed by atoms with Crippen LogP contribution >= 0.6 is 0 Å². The molecule has 2 aromatic carbocycles. The van der Waals surface area contributed by atoms with Gasteiger partial charge in [-0.15, -0.1) is 0 Å². The zero-order valence-corrected chi connectivity index (χ0v) is 11.8. The van der Waals surface area contributed by atoms with Crippen LogP contribution in [-0.4, -0.2) is 19.0 Å². The molecule has 2 aromatic rings. The van der Waals surface area contributed by atoms with Gasteiger partial charge >= 0.3 is 5.97 Å². The summed E-state index contributed by atoms with van der Waals surface area (Å²) in [5, 5.41) is 2.77. The fraction of sp³-hybridized carbons (Fsp3) is 0.125. The molecule has 0 heterocycles. The van der Waals surface area contributed by atoms with Crippen LogP contribution in [0.15, 0.2) is 48.5 Å². The topological polar surface area (TPSA) is 64.6 Å². The van der Waals surface area contributed by atoms with Crippen molar-refractivity contribution in [1.29, 1.82) is 0 Å². The molecule has 21 heavy (non-hydrogen) atoms. The molecule has 5 heteroatoms. The number of hydrogen-bond donors (Lipinski definition) is 1. The van der Waals surface area contributed by atoms with E-state index < -0.39 is 5.97 Å². The maximum absolute atomic E-state index is 12.1. The van der Waals surface area contributed by atoms with Crippen molar-refractivity contribution in [3.05, 3.63) is 54.1 Å². The van der Waals surface area contributed by atoms with Crippen molar-refractivity contribution >= 4 is 17.6 Å². The van der Waals surface area contributed by atoms with Crippen molar-refractivity contribution in [3.8, 4) is 11.5 Å². The lowest BCUT2D eigenvalue weighted by Crippen LogP contribution is -2.12. The zero-order valence-electron chi connectivity index (χ0n) is 11.8. The Morgan fingerprint density at radius 1 is 1.00 bits per heavy atom. The number of rotatable bonds is 4.